The van der Waals surface area contributed by atoms with Gasteiger partial charge in [-0.3, -0.25) is 4.79 Å². The van der Waals surface area contributed by atoms with Crippen LogP contribution in [0.1, 0.15) is 52.2 Å². The Balaban J connectivity index is 1.92. The first-order valence-electron chi connectivity index (χ1n) is 11.6. The van der Waals surface area contributed by atoms with Crippen LogP contribution in [-0.4, -0.2) is 44.3 Å². The molecule has 0 aliphatic rings. The summed E-state index contributed by atoms with van der Waals surface area (Å²) < 4.78 is 22.0. The van der Waals surface area contributed by atoms with Crippen LogP contribution in [0.4, 0.5) is 0 Å². The Hall–Kier alpha value is -3.12. The second-order valence-corrected chi connectivity index (χ2v) is 8.74. The summed E-state index contributed by atoms with van der Waals surface area (Å²) in [5.41, 5.74) is 2.11. The van der Waals surface area contributed by atoms with E-state index in [1.165, 1.54) is 11.6 Å². The summed E-state index contributed by atoms with van der Waals surface area (Å²) >= 11 is 0. The highest BCUT2D eigenvalue weighted by atomic mass is 16.6. The van der Waals surface area contributed by atoms with Crippen LogP contribution in [0.25, 0.3) is 0 Å². The number of benzene rings is 2. The van der Waals surface area contributed by atoms with Crippen molar-refractivity contribution in [3.8, 4) is 11.5 Å². The number of esters is 1. The van der Waals surface area contributed by atoms with Crippen molar-refractivity contribution in [2.75, 3.05) is 20.3 Å². The molecule has 0 spiro atoms. The van der Waals surface area contributed by atoms with Gasteiger partial charge in [-0.05, 0) is 55.3 Å². The van der Waals surface area contributed by atoms with E-state index in [2.05, 4.69) is 26.0 Å². The summed E-state index contributed by atoms with van der Waals surface area (Å²) in [7, 11) is 1.67. The molecule has 0 aliphatic carbocycles. The van der Waals surface area contributed by atoms with Crippen molar-refractivity contribution in [1.82, 2.24) is 0 Å². The van der Waals surface area contributed by atoms with E-state index in [1.54, 1.807) is 21.0 Å². The van der Waals surface area contributed by atoms with Gasteiger partial charge in [0, 0.05) is 25.0 Å². The molecule has 0 fully saturated rings. The van der Waals surface area contributed by atoms with Gasteiger partial charge in [0.15, 0.2) is 5.78 Å². The van der Waals surface area contributed by atoms with E-state index in [4.69, 9.17) is 18.9 Å². The predicted octanol–water partition coefficient (Wildman–Crippen LogP) is 5.27. The number of hydrogen-bond acceptors (Lipinski definition) is 6. The molecule has 0 radical (unpaired) electrons. The lowest BCUT2D eigenvalue weighted by Crippen LogP contribution is -2.21. The summed E-state index contributed by atoms with van der Waals surface area (Å²) in [6, 6.07) is 16.0. The van der Waals surface area contributed by atoms with Gasteiger partial charge in [0.05, 0.1) is 6.10 Å². The van der Waals surface area contributed by atoms with Crippen LogP contribution in [0.5, 0.6) is 11.5 Å². The molecule has 0 N–H and O–H groups in total. The number of rotatable bonds is 13. The van der Waals surface area contributed by atoms with E-state index < -0.39 is 12.1 Å². The van der Waals surface area contributed by atoms with E-state index in [1.807, 2.05) is 43.3 Å². The Morgan fingerprint density at radius 2 is 1.29 bits per heavy atom. The van der Waals surface area contributed by atoms with E-state index in [9.17, 15) is 9.59 Å². The smallest absolute Gasteiger partial charge is 0.331 e. The zero-order valence-electron chi connectivity index (χ0n) is 21.0. The lowest BCUT2D eigenvalue weighted by Gasteiger charge is -2.26. The predicted molar refractivity (Wildman–Crippen MR) is 132 cm³/mol. The summed E-state index contributed by atoms with van der Waals surface area (Å²) in [4.78, 5) is 23.0. The number of carbonyl (C=O) groups is 2. The third kappa shape index (κ3) is 8.34. The monoisotopic (exact) mass is 468 g/mol. The molecule has 0 heterocycles. The van der Waals surface area contributed by atoms with Gasteiger partial charge in [-0.2, -0.15) is 0 Å². The fourth-order valence-electron chi connectivity index (χ4n) is 3.15. The van der Waals surface area contributed by atoms with Gasteiger partial charge in [-0.15, -0.1) is 0 Å². The number of methoxy groups -OCH3 is 1. The van der Waals surface area contributed by atoms with Crippen LogP contribution in [-0.2, 0) is 24.5 Å². The van der Waals surface area contributed by atoms with Crippen molar-refractivity contribution in [2.45, 2.75) is 58.7 Å². The maximum Gasteiger partial charge on any atom is 0.331 e. The number of hydrogen-bond donors (Lipinski definition) is 0. The van der Waals surface area contributed by atoms with Crippen molar-refractivity contribution < 1.29 is 28.5 Å². The summed E-state index contributed by atoms with van der Waals surface area (Å²) in [5.74, 6) is 0.828. The van der Waals surface area contributed by atoms with E-state index in [0.29, 0.717) is 18.8 Å². The normalized spacial score (nSPS) is 13.4. The van der Waals surface area contributed by atoms with Gasteiger partial charge < -0.3 is 18.9 Å². The van der Waals surface area contributed by atoms with Crippen molar-refractivity contribution in [1.29, 1.82) is 0 Å². The number of allylic oxidation sites excluding steroid dienone is 1. The number of ketones is 1. The maximum absolute atomic E-state index is 11.7. The highest BCUT2D eigenvalue weighted by Gasteiger charge is 2.23. The molecule has 34 heavy (non-hydrogen) atoms. The van der Waals surface area contributed by atoms with Gasteiger partial charge in [0.25, 0.3) is 0 Å². The van der Waals surface area contributed by atoms with Crippen molar-refractivity contribution in [3.05, 3.63) is 71.8 Å². The zero-order chi connectivity index (χ0) is 25.1. The van der Waals surface area contributed by atoms with Crippen LogP contribution >= 0.6 is 0 Å². The molecule has 0 bridgehead atoms. The van der Waals surface area contributed by atoms with Gasteiger partial charge in [0.1, 0.15) is 30.8 Å². The van der Waals surface area contributed by atoms with Gasteiger partial charge in [-0.25, -0.2) is 4.79 Å². The molecule has 2 unspecified atom stereocenters. The lowest BCUT2D eigenvalue weighted by atomic mass is 9.78. The minimum atomic E-state index is -0.556. The molecule has 2 aromatic carbocycles. The minimum Gasteiger partial charge on any atom is -0.491 e. The Morgan fingerprint density at radius 1 is 0.824 bits per heavy atom. The average Bonchev–Trinajstić information content (AvgIpc) is 2.85. The zero-order valence-corrected chi connectivity index (χ0v) is 21.0. The average molecular weight is 469 g/mol. The molecule has 0 saturated carbocycles. The third-order valence-electron chi connectivity index (χ3n) is 5.59. The molecule has 2 atom stereocenters. The Morgan fingerprint density at radius 3 is 1.74 bits per heavy atom. The molecule has 2 aromatic rings. The fraction of sp³-hybridized carbons (Fsp3) is 0.429. The molecule has 2 rings (SSSR count). The second-order valence-electron chi connectivity index (χ2n) is 8.74. The standard InChI is InChI=1S/C28H36O6/c1-7-24(29)12-17-27(30)34-21(3)19-33-26-15-10-23(11-16-26)28(4,5)22-8-13-25(14-9-22)32-18-20(2)31-6/h8-17,20-21H,7,18-19H2,1-6H3/b17-12+. The highest BCUT2D eigenvalue weighted by Crippen LogP contribution is 2.33. The molecule has 6 heteroatoms. The Kier molecular flexibility index (Phi) is 10.3. The molecule has 6 nitrogen and oxygen atoms in total. The largest absolute Gasteiger partial charge is 0.491 e. The Labute approximate surface area is 202 Å². The van der Waals surface area contributed by atoms with E-state index >= 15 is 0 Å². The van der Waals surface area contributed by atoms with Crippen LogP contribution in [0.15, 0.2) is 60.7 Å². The summed E-state index contributed by atoms with van der Waals surface area (Å²) in [6.45, 7) is 10.5. The summed E-state index contributed by atoms with van der Waals surface area (Å²) in [6.07, 6.45) is 2.33. The number of ether oxygens (including phenoxy) is 4. The van der Waals surface area contributed by atoms with Crippen molar-refractivity contribution >= 4 is 11.8 Å². The first kappa shape index (κ1) is 27.1. The fourth-order valence-corrected chi connectivity index (χ4v) is 3.15. The minimum absolute atomic E-state index is 0.0418. The second kappa shape index (κ2) is 12.9. The summed E-state index contributed by atoms with van der Waals surface area (Å²) in [5, 5.41) is 0. The van der Waals surface area contributed by atoms with Crippen molar-refractivity contribution in [3.63, 3.8) is 0 Å². The SMILES string of the molecule is CCC(=O)/C=C/C(=O)OC(C)COc1ccc(C(C)(C)c2ccc(OCC(C)OC)cc2)cc1. The highest BCUT2D eigenvalue weighted by molar-refractivity contribution is 5.95. The van der Waals surface area contributed by atoms with Gasteiger partial charge in [-0.1, -0.05) is 45.0 Å². The van der Waals surface area contributed by atoms with Gasteiger partial charge >= 0.3 is 5.97 Å². The first-order chi connectivity index (χ1) is 16.1. The maximum atomic E-state index is 11.7. The van der Waals surface area contributed by atoms with Crippen LogP contribution in [0.3, 0.4) is 0 Å². The van der Waals surface area contributed by atoms with Crippen LogP contribution in [0.2, 0.25) is 0 Å². The van der Waals surface area contributed by atoms with E-state index in [0.717, 1.165) is 17.4 Å². The molecule has 0 aromatic heterocycles. The molecular formula is C28H36O6. The number of carbonyl (C=O) groups excluding carboxylic acids is 2. The Bertz CT molecular complexity index is 944. The van der Waals surface area contributed by atoms with Crippen LogP contribution in [0, 0.1) is 0 Å². The topological polar surface area (TPSA) is 71.1 Å². The molecule has 0 amide bonds. The molecular weight excluding hydrogens is 432 g/mol. The molecule has 184 valence electrons. The molecule has 0 saturated heterocycles. The quantitative estimate of drug-likeness (QED) is 0.295. The van der Waals surface area contributed by atoms with Gasteiger partial charge in [0.2, 0.25) is 0 Å². The lowest BCUT2D eigenvalue weighted by molar-refractivity contribution is -0.143. The first-order valence-corrected chi connectivity index (χ1v) is 11.6. The van der Waals surface area contributed by atoms with Crippen LogP contribution < -0.4 is 9.47 Å². The van der Waals surface area contributed by atoms with E-state index in [-0.39, 0.29) is 23.9 Å². The van der Waals surface area contributed by atoms with Crippen molar-refractivity contribution in [2.24, 2.45) is 0 Å². The molecule has 0 aliphatic heterocycles. The third-order valence-corrected chi connectivity index (χ3v) is 5.59.